The van der Waals surface area contributed by atoms with Gasteiger partial charge in [0.1, 0.15) is 5.52 Å². The Morgan fingerprint density at radius 2 is 1.93 bits per heavy atom. The molecule has 0 saturated carbocycles. The molecule has 0 radical (unpaired) electrons. The Morgan fingerprint density at radius 1 is 1.25 bits per heavy atom. The van der Waals surface area contributed by atoms with Crippen molar-refractivity contribution in [3.8, 4) is 0 Å². The van der Waals surface area contributed by atoms with Crippen molar-refractivity contribution in [1.29, 1.82) is 0 Å². The minimum atomic E-state index is -0.483. The zero-order valence-electron chi connectivity index (χ0n) is 17.3. The molecule has 2 amide bonds. The van der Waals surface area contributed by atoms with Gasteiger partial charge >= 0.3 is 6.03 Å². The molecule has 0 aliphatic carbocycles. The lowest BCUT2D eigenvalue weighted by molar-refractivity contribution is 0.116. The molecule has 150 valence electrons. The predicted molar refractivity (Wildman–Crippen MR) is 113 cm³/mol. The molecule has 2 heterocycles. The maximum absolute atomic E-state index is 12.1. The van der Waals surface area contributed by atoms with Gasteiger partial charge in [-0.05, 0) is 33.8 Å². The molecule has 0 fully saturated rings. The van der Waals surface area contributed by atoms with Crippen LogP contribution in [0.25, 0.3) is 21.8 Å². The third-order valence-electron chi connectivity index (χ3n) is 5.33. The van der Waals surface area contributed by atoms with E-state index < -0.39 is 11.6 Å². The summed E-state index contributed by atoms with van der Waals surface area (Å²) >= 11 is 0. The van der Waals surface area contributed by atoms with Crippen molar-refractivity contribution in [1.82, 2.24) is 20.1 Å². The number of nitrogens with one attached hydrogen (secondary N) is 1. The predicted octanol–water partition coefficient (Wildman–Crippen LogP) is 3.28. The minimum absolute atomic E-state index is 0.00656. The van der Waals surface area contributed by atoms with Crippen LogP contribution in [0.3, 0.4) is 0 Å². The van der Waals surface area contributed by atoms with E-state index in [4.69, 9.17) is 16.5 Å². The lowest BCUT2D eigenvalue weighted by Crippen LogP contribution is -2.54. The molecule has 1 aromatic carbocycles. The SMILES string of the molecule is CC(CN)c1nc2ccccc2c2c(CC(C)(C)N(C(N)=O)C(C)C)[nH]nc12. The van der Waals surface area contributed by atoms with E-state index in [1.54, 1.807) is 4.90 Å². The summed E-state index contributed by atoms with van der Waals surface area (Å²) in [6.07, 6.45) is 0.592. The van der Waals surface area contributed by atoms with Crippen LogP contribution in [-0.4, -0.2) is 44.2 Å². The number of pyridine rings is 1. The van der Waals surface area contributed by atoms with Crippen molar-refractivity contribution in [2.24, 2.45) is 11.5 Å². The Bertz CT molecular complexity index is 1010. The van der Waals surface area contributed by atoms with Gasteiger partial charge in [-0.25, -0.2) is 4.79 Å². The normalized spacial score (nSPS) is 13.4. The number of amides is 2. The second-order valence-electron chi connectivity index (χ2n) is 8.37. The second-order valence-corrected chi connectivity index (χ2v) is 8.37. The number of nitrogens with two attached hydrogens (primary N) is 2. The van der Waals surface area contributed by atoms with E-state index in [0.717, 1.165) is 33.2 Å². The second kappa shape index (κ2) is 7.39. The summed E-state index contributed by atoms with van der Waals surface area (Å²) in [5, 5.41) is 9.88. The van der Waals surface area contributed by atoms with Crippen LogP contribution in [0.15, 0.2) is 24.3 Å². The standard InChI is InChI=1S/C21H30N6O/c1-12(2)27(20(23)28)21(4,5)10-16-17-14-8-6-7-9-15(14)24-18(13(3)11-22)19(17)26-25-16/h6-9,12-13H,10-11,22H2,1-5H3,(H2,23,28)(H,25,26). The van der Waals surface area contributed by atoms with Crippen LogP contribution in [0, 0.1) is 0 Å². The van der Waals surface area contributed by atoms with E-state index in [1.807, 2.05) is 45.9 Å². The van der Waals surface area contributed by atoms with E-state index in [0.29, 0.717) is 13.0 Å². The average Bonchev–Trinajstić information content (AvgIpc) is 3.02. The average molecular weight is 383 g/mol. The number of benzene rings is 1. The van der Waals surface area contributed by atoms with E-state index in [1.165, 1.54) is 0 Å². The zero-order valence-corrected chi connectivity index (χ0v) is 17.3. The van der Waals surface area contributed by atoms with Crippen molar-refractivity contribution >= 4 is 27.8 Å². The first-order valence-electron chi connectivity index (χ1n) is 9.71. The van der Waals surface area contributed by atoms with Crippen molar-refractivity contribution in [3.05, 3.63) is 35.7 Å². The summed E-state index contributed by atoms with van der Waals surface area (Å²) in [4.78, 5) is 18.6. The van der Waals surface area contributed by atoms with Crippen LogP contribution >= 0.6 is 0 Å². The number of carbonyl (C=O) groups excluding carboxylic acids is 1. The highest BCUT2D eigenvalue weighted by Gasteiger charge is 2.33. The number of nitrogens with zero attached hydrogens (tertiary/aromatic N) is 3. The van der Waals surface area contributed by atoms with Crippen LogP contribution in [0.1, 0.15) is 51.9 Å². The quantitative estimate of drug-likeness (QED) is 0.607. The fourth-order valence-electron chi connectivity index (χ4n) is 4.17. The van der Waals surface area contributed by atoms with Gasteiger partial charge in [0.25, 0.3) is 0 Å². The van der Waals surface area contributed by atoms with E-state index in [-0.39, 0.29) is 12.0 Å². The first-order valence-corrected chi connectivity index (χ1v) is 9.71. The van der Waals surface area contributed by atoms with E-state index in [2.05, 4.69) is 23.2 Å². The maximum atomic E-state index is 12.1. The Labute approximate surface area is 165 Å². The first-order chi connectivity index (χ1) is 13.2. The van der Waals surface area contributed by atoms with Crippen molar-refractivity contribution in [2.75, 3.05) is 6.54 Å². The highest BCUT2D eigenvalue weighted by Crippen LogP contribution is 2.33. The summed E-state index contributed by atoms with van der Waals surface area (Å²) < 4.78 is 0. The van der Waals surface area contributed by atoms with Crippen LogP contribution in [0.4, 0.5) is 4.79 Å². The highest BCUT2D eigenvalue weighted by atomic mass is 16.2. The zero-order chi connectivity index (χ0) is 20.6. The third-order valence-corrected chi connectivity index (χ3v) is 5.33. The Morgan fingerprint density at radius 3 is 2.54 bits per heavy atom. The minimum Gasteiger partial charge on any atom is -0.351 e. The molecule has 0 bridgehead atoms. The van der Waals surface area contributed by atoms with Gasteiger partial charge in [0.15, 0.2) is 0 Å². The summed E-state index contributed by atoms with van der Waals surface area (Å²) in [6.45, 7) is 10.5. The Kier molecular flexibility index (Phi) is 5.30. The van der Waals surface area contributed by atoms with Gasteiger partial charge in [-0.15, -0.1) is 0 Å². The van der Waals surface area contributed by atoms with Crippen molar-refractivity contribution < 1.29 is 4.79 Å². The number of rotatable bonds is 6. The van der Waals surface area contributed by atoms with E-state index >= 15 is 0 Å². The Balaban J connectivity index is 2.20. The van der Waals surface area contributed by atoms with Gasteiger partial charge in [-0.3, -0.25) is 10.1 Å². The molecule has 1 atom stereocenters. The number of urea groups is 1. The summed E-state index contributed by atoms with van der Waals surface area (Å²) in [5.74, 6) is 0.0917. The topological polar surface area (TPSA) is 114 Å². The van der Waals surface area contributed by atoms with Gasteiger partial charge in [0.05, 0.1) is 11.2 Å². The van der Waals surface area contributed by atoms with Crippen molar-refractivity contribution in [2.45, 2.75) is 58.5 Å². The number of para-hydroxylation sites is 1. The van der Waals surface area contributed by atoms with Gasteiger partial charge < -0.3 is 16.4 Å². The maximum Gasteiger partial charge on any atom is 0.315 e. The van der Waals surface area contributed by atoms with Gasteiger partial charge in [-0.1, -0.05) is 25.1 Å². The summed E-state index contributed by atoms with van der Waals surface area (Å²) in [5.41, 5.74) is 14.7. The molecular weight excluding hydrogens is 352 g/mol. The smallest absolute Gasteiger partial charge is 0.315 e. The number of H-pyrrole nitrogens is 1. The van der Waals surface area contributed by atoms with Crippen LogP contribution in [0.2, 0.25) is 0 Å². The Hall–Kier alpha value is -2.67. The molecule has 0 aliphatic heterocycles. The molecule has 0 saturated heterocycles. The summed E-state index contributed by atoms with van der Waals surface area (Å²) in [7, 11) is 0. The molecule has 3 rings (SSSR count). The molecule has 0 spiro atoms. The molecule has 0 aliphatic rings. The fourth-order valence-corrected chi connectivity index (χ4v) is 4.17. The molecule has 5 N–H and O–H groups in total. The number of hydrogen-bond acceptors (Lipinski definition) is 4. The molecule has 28 heavy (non-hydrogen) atoms. The van der Waals surface area contributed by atoms with Crippen LogP contribution < -0.4 is 11.5 Å². The lowest BCUT2D eigenvalue weighted by atomic mass is 9.92. The molecule has 2 aromatic heterocycles. The highest BCUT2D eigenvalue weighted by molar-refractivity contribution is 6.06. The van der Waals surface area contributed by atoms with Crippen LogP contribution in [0.5, 0.6) is 0 Å². The van der Waals surface area contributed by atoms with Gasteiger partial charge in [-0.2, -0.15) is 5.10 Å². The van der Waals surface area contributed by atoms with Crippen LogP contribution in [-0.2, 0) is 6.42 Å². The molecular formula is C21H30N6O. The van der Waals surface area contributed by atoms with E-state index in [9.17, 15) is 4.79 Å². The summed E-state index contributed by atoms with van der Waals surface area (Å²) in [6, 6.07) is 7.62. The van der Waals surface area contributed by atoms with Gasteiger partial charge in [0, 0.05) is 46.9 Å². The van der Waals surface area contributed by atoms with Gasteiger partial charge in [0.2, 0.25) is 0 Å². The number of aromatic nitrogens is 3. The largest absolute Gasteiger partial charge is 0.351 e. The first kappa shape index (κ1) is 20.1. The third kappa shape index (κ3) is 3.42. The molecule has 7 nitrogen and oxygen atoms in total. The number of fused-ring (bicyclic) bond motifs is 3. The molecule has 7 heteroatoms. The lowest BCUT2D eigenvalue weighted by Gasteiger charge is -2.40. The fraction of sp³-hybridized carbons (Fsp3) is 0.476. The number of primary amides is 1. The number of carbonyl (C=O) groups is 1. The number of hydrogen-bond donors (Lipinski definition) is 3. The molecule has 1 unspecified atom stereocenters. The van der Waals surface area contributed by atoms with Crippen molar-refractivity contribution in [3.63, 3.8) is 0 Å². The molecule has 3 aromatic rings. The number of aromatic amines is 1. The monoisotopic (exact) mass is 382 g/mol.